The van der Waals surface area contributed by atoms with Gasteiger partial charge >= 0.3 is 0 Å². The van der Waals surface area contributed by atoms with Crippen molar-refractivity contribution in [2.24, 2.45) is 0 Å². The summed E-state index contributed by atoms with van der Waals surface area (Å²) in [6.45, 7) is 2.64. The highest BCUT2D eigenvalue weighted by Gasteiger charge is 2.36. The molecule has 2 N–H and O–H groups in total. The lowest BCUT2D eigenvalue weighted by Gasteiger charge is -2.13. The number of anilines is 2. The van der Waals surface area contributed by atoms with E-state index in [1.807, 2.05) is 6.92 Å². The SMILES string of the molecule is CCNc1ncc(Br)c(NC2CC(=O)N(C)C2=O)n1. The summed E-state index contributed by atoms with van der Waals surface area (Å²) in [6, 6.07) is -0.571. The molecule has 1 fully saturated rings. The van der Waals surface area contributed by atoms with Crippen LogP contribution in [0.15, 0.2) is 10.7 Å². The lowest BCUT2D eigenvalue weighted by molar-refractivity contribution is -0.136. The smallest absolute Gasteiger partial charge is 0.251 e. The molecule has 0 radical (unpaired) electrons. The summed E-state index contributed by atoms with van der Waals surface area (Å²) in [7, 11) is 1.48. The number of hydrogen-bond acceptors (Lipinski definition) is 6. The fraction of sp³-hybridized carbons (Fsp3) is 0.455. The molecule has 0 aliphatic carbocycles. The minimum atomic E-state index is -0.571. The van der Waals surface area contributed by atoms with Gasteiger partial charge in [0.1, 0.15) is 11.9 Å². The molecule has 1 aromatic rings. The van der Waals surface area contributed by atoms with Crippen molar-refractivity contribution < 1.29 is 9.59 Å². The maximum atomic E-state index is 11.8. The summed E-state index contributed by atoms with van der Waals surface area (Å²) in [5.41, 5.74) is 0. The second-order valence-corrected chi connectivity index (χ2v) is 4.97. The number of rotatable bonds is 4. The van der Waals surface area contributed by atoms with Crippen LogP contribution in [-0.2, 0) is 9.59 Å². The van der Waals surface area contributed by atoms with E-state index in [-0.39, 0.29) is 18.2 Å². The summed E-state index contributed by atoms with van der Waals surface area (Å²) in [5, 5.41) is 5.95. The van der Waals surface area contributed by atoms with Crippen LogP contribution in [0.4, 0.5) is 11.8 Å². The average molecular weight is 328 g/mol. The van der Waals surface area contributed by atoms with Crippen LogP contribution >= 0.6 is 15.9 Å². The highest BCUT2D eigenvalue weighted by Crippen LogP contribution is 2.23. The Hall–Kier alpha value is -1.70. The van der Waals surface area contributed by atoms with E-state index in [0.29, 0.717) is 22.8 Å². The van der Waals surface area contributed by atoms with Gasteiger partial charge in [0, 0.05) is 19.8 Å². The first-order valence-corrected chi connectivity index (χ1v) is 6.65. The molecule has 1 atom stereocenters. The summed E-state index contributed by atoms with van der Waals surface area (Å²) in [4.78, 5) is 32.7. The van der Waals surface area contributed by atoms with Gasteiger partial charge in [-0.2, -0.15) is 4.98 Å². The molecule has 8 heteroatoms. The van der Waals surface area contributed by atoms with Crippen LogP contribution in [0.1, 0.15) is 13.3 Å². The van der Waals surface area contributed by atoms with Crippen LogP contribution in [0.2, 0.25) is 0 Å². The second kappa shape index (κ2) is 5.52. The highest BCUT2D eigenvalue weighted by molar-refractivity contribution is 9.10. The standard InChI is InChI=1S/C11H14BrN5O2/c1-3-13-11-14-5-6(12)9(16-11)15-7-4-8(18)17(2)10(7)19/h5,7H,3-4H2,1-2H3,(H2,13,14,15,16). The highest BCUT2D eigenvalue weighted by atomic mass is 79.9. The van der Waals surface area contributed by atoms with Gasteiger partial charge in [0.15, 0.2) is 0 Å². The lowest BCUT2D eigenvalue weighted by Crippen LogP contribution is -2.32. The van der Waals surface area contributed by atoms with Crippen LogP contribution in [0.25, 0.3) is 0 Å². The van der Waals surface area contributed by atoms with Gasteiger partial charge in [-0.3, -0.25) is 14.5 Å². The number of aromatic nitrogens is 2. The van der Waals surface area contributed by atoms with Gasteiger partial charge in [-0.1, -0.05) is 0 Å². The minimum absolute atomic E-state index is 0.141. The Labute approximate surface area is 118 Å². The Bertz CT molecular complexity index is 522. The van der Waals surface area contributed by atoms with Crippen molar-refractivity contribution in [2.75, 3.05) is 24.2 Å². The first kappa shape index (κ1) is 13.7. The molecule has 19 heavy (non-hydrogen) atoms. The average Bonchev–Trinajstić information content (AvgIpc) is 2.62. The quantitative estimate of drug-likeness (QED) is 0.797. The number of likely N-dealkylation sites (N-methyl/N-ethyl adjacent to an activating group) is 1. The van der Waals surface area contributed by atoms with Gasteiger partial charge in [0.05, 0.1) is 10.9 Å². The summed E-state index contributed by atoms with van der Waals surface area (Å²) < 4.78 is 0.643. The molecule has 1 aliphatic rings. The van der Waals surface area contributed by atoms with Crippen molar-refractivity contribution in [3.05, 3.63) is 10.7 Å². The number of halogens is 1. The van der Waals surface area contributed by atoms with Crippen LogP contribution in [0.5, 0.6) is 0 Å². The Morgan fingerprint density at radius 3 is 2.84 bits per heavy atom. The molecule has 0 saturated carbocycles. The fourth-order valence-electron chi connectivity index (χ4n) is 1.74. The van der Waals surface area contributed by atoms with Crippen LogP contribution in [0.3, 0.4) is 0 Å². The number of hydrogen-bond donors (Lipinski definition) is 2. The zero-order valence-electron chi connectivity index (χ0n) is 10.6. The Kier molecular flexibility index (Phi) is 3.98. The summed E-state index contributed by atoms with van der Waals surface area (Å²) >= 11 is 3.31. The molecule has 1 saturated heterocycles. The molecule has 102 valence electrons. The van der Waals surface area contributed by atoms with Gasteiger partial charge in [-0.15, -0.1) is 0 Å². The molecule has 1 aromatic heterocycles. The van der Waals surface area contributed by atoms with Gasteiger partial charge in [0.25, 0.3) is 5.91 Å². The monoisotopic (exact) mass is 327 g/mol. The van der Waals surface area contributed by atoms with E-state index < -0.39 is 6.04 Å². The first-order valence-electron chi connectivity index (χ1n) is 5.86. The molecule has 1 aliphatic heterocycles. The van der Waals surface area contributed by atoms with Crippen LogP contribution in [0, 0.1) is 0 Å². The Balaban J connectivity index is 2.17. The number of nitrogens with zero attached hydrogens (tertiary/aromatic N) is 3. The van der Waals surface area contributed by atoms with Crippen molar-refractivity contribution in [1.29, 1.82) is 0 Å². The van der Waals surface area contributed by atoms with E-state index in [4.69, 9.17) is 0 Å². The second-order valence-electron chi connectivity index (χ2n) is 4.11. The zero-order chi connectivity index (χ0) is 14.0. The molecular weight excluding hydrogens is 314 g/mol. The Morgan fingerprint density at radius 2 is 2.26 bits per heavy atom. The molecule has 1 unspecified atom stereocenters. The number of nitrogens with one attached hydrogen (secondary N) is 2. The van der Waals surface area contributed by atoms with Crippen LogP contribution in [-0.4, -0.2) is 46.3 Å². The molecular formula is C11H14BrN5O2. The van der Waals surface area contributed by atoms with Crippen molar-refractivity contribution >= 4 is 39.5 Å². The number of likely N-dealkylation sites (tertiary alicyclic amines) is 1. The van der Waals surface area contributed by atoms with Crippen LogP contribution < -0.4 is 10.6 Å². The van der Waals surface area contributed by atoms with Crippen molar-refractivity contribution in [2.45, 2.75) is 19.4 Å². The van der Waals surface area contributed by atoms with Gasteiger partial charge < -0.3 is 10.6 Å². The number of carbonyl (C=O) groups is 2. The molecule has 2 amide bonds. The van der Waals surface area contributed by atoms with E-state index in [9.17, 15) is 9.59 Å². The largest absolute Gasteiger partial charge is 0.357 e. The van der Waals surface area contributed by atoms with Gasteiger partial charge in [-0.25, -0.2) is 4.98 Å². The maximum Gasteiger partial charge on any atom is 0.251 e. The number of imide groups is 1. The predicted molar refractivity (Wildman–Crippen MR) is 73.7 cm³/mol. The van der Waals surface area contributed by atoms with Gasteiger partial charge in [0.2, 0.25) is 11.9 Å². The zero-order valence-corrected chi connectivity index (χ0v) is 12.2. The van der Waals surface area contributed by atoms with Gasteiger partial charge in [-0.05, 0) is 22.9 Å². The van der Waals surface area contributed by atoms with E-state index in [1.165, 1.54) is 7.05 Å². The predicted octanol–water partition coefficient (Wildman–Crippen LogP) is 0.840. The van der Waals surface area contributed by atoms with E-state index in [2.05, 4.69) is 36.5 Å². The molecule has 7 nitrogen and oxygen atoms in total. The maximum absolute atomic E-state index is 11.8. The fourth-order valence-corrected chi connectivity index (χ4v) is 2.05. The summed E-state index contributed by atoms with van der Waals surface area (Å²) in [5.74, 6) is 0.519. The molecule has 0 spiro atoms. The third kappa shape index (κ3) is 2.83. The molecule has 2 heterocycles. The van der Waals surface area contributed by atoms with E-state index in [1.54, 1.807) is 6.20 Å². The number of amides is 2. The lowest BCUT2D eigenvalue weighted by atomic mass is 10.2. The van der Waals surface area contributed by atoms with E-state index >= 15 is 0 Å². The van der Waals surface area contributed by atoms with Crippen molar-refractivity contribution in [3.8, 4) is 0 Å². The molecule has 2 rings (SSSR count). The normalized spacial score (nSPS) is 18.9. The topological polar surface area (TPSA) is 87.2 Å². The molecule has 0 bridgehead atoms. The van der Waals surface area contributed by atoms with Crippen molar-refractivity contribution in [1.82, 2.24) is 14.9 Å². The first-order chi connectivity index (χ1) is 9.02. The Morgan fingerprint density at radius 1 is 1.53 bits per heavy atom. The third-order valence-corrected chi connectivity index (χ3v) is 3.35. The van der Waals surface area contributed by atoms with E-state index in [0.717, 1.165) is 4.90 Å². The third-order valence-electron chi connectivity index (χ3n) is 2.77. The number of carbonyl (C=O) groups excluding carboxylic acids is 2. The minimum Gasteiger partial charge on any atom is -0.357 e. The molecule has 0 aromatic carbocycles. The summed E-state index contributed by atoms with van der Waals surface area (Å²) in [6.07, 6.45) is 1.74. The van der Waals surface area contributed by atoms with Crippen molar-refractivity contribution in [3.63, 3.8) is 0 Å².